The molecule has 19 heavy (non-hydrogen) atoms. The smallest absolute Gasteiger partial charge is 0.254 e. The van der Waals surface area contributed by atoms with E-state index in [1.54, 1.807) is 0 Å². The Morgan fingerprint density at radius 3 is 2.84 bits per heavy atom. The van der Waals surface area contributed by atoms with Gasteiger partial charge in [0.05, 0.1) is 11.2 Å². The quantitative estimate of drug-likeness (QED) is 0.792. The van der Waals surface area contributed by atoms with E-state index >= 15 is 0 Å². The van der Waals surface area contributed by atoms with Crippen LogP contribution in [-0.2, 0) is 4.74 Å². The van der Waals surface area contributed by atoms with Crippen LogP contribution < -0.4 is 5.32 Å². The summed E-state index contributed by atoms with van der Waals surface area (Å²) in [4.78, 5) is 14.8. The maximum atomic E-state index is 13.3. The maximum absolute atomic E-state index is 13.3. The lowest BCUT2D eigenvalue weighted by molar-refractivity contribution is -0.0605. The number of aromatic nitrogens is 1. The van der Waals surface area contributed by atoms with Crippen LogP contribution in [-0.4, -0.2) is 41.4 Å². The van der Waals surface area contributed by atoms with E-state index in [4.69, 9.17) is 4.74 Å². The average Bonchev–Trinajstić information content (AvgIpc) is 2.40. The van der Waals surface area contributed by atoms with Gasteiger partial charge < -0.3 is 15.2 Å². The first kappa shape index (κ1) is 13.8. The lowest BCUT2D eigenvalue weighted by Gasteiger charge is -2.32. The molecule has 2 rings (SSSR count). The van der Waals surface area contributed by atoms with E-state index in [-0.39, 0.29) is 6.54 Å². The van der Waals surface area contributed by atoms with Gasteiger partial charge in [-0.2, -0.15) is 4.39 Å². The number of nitrogens with zero attached hydrogens (tertiary/aromatic N) is 1. The summed E-state index contributed by atoms with van der Waals surface area (Å²) in [5.41, 5.74) is -1.49. The molecule has 0 atom stereocenters. The summed E-state index contributed by atoms with van der Waals surface area (Å²) < 4.78 is 31.3. The first-order chi connectivity index (χ1) is 9.02. The Kier molecular flexibility index (Phi) is 4.06. The first-order valence-electron chi connectivity index (χ1n) is 5.90. The number of ether oxygens (including phenoxy) is 1. The van der Waals surface area contributed by atoms with Crippen molar-refractivity contribution in [3.05, 3.63) is 29.6 Å². The summed E-state index contributed by atoms with van der Waals surface area (Å²) >= 11 is 0. The molecule has 0 bridgehead atoms. The van der Waals surface area contributed by atoms with Crippen LogP contribution in [0.3, 0.4) is 0 Å². The molecule has 0 saturated carbocycles. The third kappa shape index (κ3) is 3.24. The van der Waals surface area contributed by atoms with E-state index in [2.05, 4.69) is 10.3 Å². The summed E-state index contributed by atoms with van der Waals surface area (Å²) in [5.74, 6) is -3.39. The van der Waals surface area contributed by atoms with Crippen LogP contribution in [0.1, 0.15) is 23.2 Å². The minimum Gasteiger partial charge on any atom is -0.388 e. The lowest BCUT2D eigenvalue weighted by Crippen LogP contribution is -2.46. The number of pyridine rings is 1. The fourth-order valence-electron chi connectivity index (χ4n) is 1.86. The average molecular weight is 272 g/mol. The van der Waals surface area contributed by atoms with E-state index in [1.807, 2.05) is 0 Å². The van der Waals surface area contributed by atoms with Gasteiger partial charge in [0.15, 0.2) is 5.82 Å². The molecule has 1 amide bonds. The summed E-state index contributed by atoms with van der Waals surface area (Å²) in [5, 5.41) is 12.5. The van der Waals surface area contributed by atoms with E-state index < -0.39 is 28.8 Å². The van der Waals surface area contributed by atoms with Crippen LogP contribution in [0.5, 0.6) is 0 Å². The Hall–Kier alpha value is -1.60. The van der Waals surface area contributed by atoms with Gasteiger partial charge in [-0.05, 0) is 6.07 Å². The highest BCUT2D eigenvalue weighted by Gasteiger charge is 2.30. The van der Waals surface area contributed by atoms with Crippen molar-refractivity contribution in [2.45, 2.75) is 18.4 Å². The third-order valence-electron chi connectivity index (χ3n) is 3.09. The predicted octanol–water partition coefficient (Wildman–Crippen LogP) is 0.631. The Morgan fingerprint density at radius 1 is 1.47 bits per heavy atom. The number of carbonyl (C=O) groups is 1. The van der Waals surface area contributed by atoms with Crippen molar-refractivity contribution in [3.8, 4) is 0 Å². The minimum atomic E-state index is -1.32. The molecular formula is C12H14F2N2O3. The SMILES string of the molecule is O=C(NCC1(O)CCOCC1)c1ccnc(F)c1F. The number of aliphatic hydroxyl groups is 1. The second kappa shape index (κ2) is 5.58. The van der Waals surface area contributed by atoms with Gasteiger partial charge in [0, 0.05) is 38.8 Å². The largest absolute Gasteiger partial charge is 0.388 e. The van der Waals surface area contributed by atoms with Crippen molar-refractivity contribution < 1.29 is 23.4 Å². The summed E-state index contributed by atoms with van der Waals surface area (Å²) in [7, 11) is 0. The zero-order valence-corrected chi connectivity index (χ0v) is 10.2. The van der Waals surface area contributed by atoms with Gasteiger partial charge in [0.25, 0.3) is 5.91 Å². The molecule has 2 heterocycles. The number of hydrogen-bond acceptors (Lipinski definition) is 4. The predicted molar refractivity (Wildman–Crippen MR) is 61.5 cm³/mol. The molecule has 5 nitrogen and oxygen atoms in total. The molecule has 104 valence electrons. The fourth-order valence-corrected chi connectivity index (χ4v) is 1.86. The summed E-state index contributed by atoms with van der Waals surface area (Å²) in [6.45, 7) is 0.786. The van der Waals surface area contributed by atoms with Crippen molar-refractivity contribution in [1.29, 1.82) is 0 Å². The zero-order chi connectivity index (χ0) is 13.9. The molecule has 1 aromatic rings. The molecule has 0 unspecified atom stereocenters. The molecule has 0 spiro atoms. The Morgan fingerprint density at radius 2 is 2.16 bits per heavy atom. The monoisotopic (exact) mass is 272 g/mol. The maximum Gasteiger partial charge on any atom is 0.254 e. The van der Waals surface area contributed by atoms with Crippen LogP contribution in [0.15, 0.2) is 12.3 Å². The highest BCUT2D eigenvalue weighted by atomic mass is 19.2. The third-order valence-corrected chi connectivity index (χ3v) is 3.09. The lowest BCUT2D eigenvalue weighted by atomic mass is 9.94. The number of amides is 1. The van der Waals surface area contributed by atoms with Gasteiger partial charge in [0.2, 0.25) is 5.95 Å². The first-order valence-corrected chi connectivity index (χ1v) is 5.90. The number of carbonyl (C=O) groups excluding carboxylic acids is 1. The van der Waals surface area contributed by atoms with Crippen LogP contribution in [0.25, 0.3) is 0 Å². The van der Waals surface area contributed by atoms with Crippen molar-refractivity contribution in [3.63, 3.8) is 0 Å². The van der Waals surface area contributed by atoms with Crippen LogP contribution >= 0.6 is 0 Å². The Labute approximate surface area is 108 Å². The number of hydrogen-bond donors (Lipinski definition) is 2. The van der Waals surface area contributed by atoms with Crippen molar-refractivity contribution in [2.75, 3.05) is 19.8 Å². The van der Waals surface area contributed by atoms with Gasteiger partial charge in [-0.3, -0.25) is 4.79 Å². The van der Waals surface area contributed by atoms with Crippen LogP contribution in [0, 0.1) is 11.8 Å². The number of halogens is 2. The van der Waals surface area contributed by atoms with Gasteiger partial charge in [-0.1, -0.05) is 0 Å². The van der Waals surface area contributed by atoms with Crippen LogP contribution in [0.2, 0.25) is 0 Å². The van der Waals surface area contributed by atoms with E-state index in [0.29, 0.717) is 26.1 Å². The van der Waals surface area contributed by atoms with Gasteiger partial charge in [0.1, 0.15) is 0 Å². The van der Waals surface area contributed by atoms with E-state index in [0.717, 1.165) is 12.3 Å². The summed E-state index contributed by atoms with van der Waals surface area (Å²) in [6, 6.07) is 1.09. The Bertz CT molecular complexity index is 476. The molecular weight excluding hydrogens is 258 g/mol. The fraction of sp³-hybridized carbons (Fsp3) is 0.500. The van der Waals surface area contributed by atoms with Crippen molar-refractivity contribution >= 4 is 5.91 Å². The van der Waals surface area contributed by atoms with E-state index in [9.17, 15) is 18.7 Å². The molecule has 1 fully saturated rings. The molecule has 0 radical (unpaired) electrons. The number of nitrogens with one attached hydrogen (secondary N) is 1. The minimum absolute atomic E-state index is 0.0292. The molecule has 1 aromatic heterocycles. The van der Waals surface area contributed by atoms with Crippen LogP contribution in [0.4, 0.5) is 8.78 Å². The molecule has 2 N–H and O–H groups in total. The summed E-state index contributed by atoms with van der Waals surface area (Å²) in [6.07, 6.45) is 1.79. The zero-order valence-electron chi connectivity index (χ0n) is 10.2. The molecule has 7 heteroatoms. The van der Waals surface area contributed by atoms with Crippen molar-refractivity contribution in [1.82, 2.24) is 10.3 Å². The van der Waals surface area contributed by atoms with Gasteiger partial charge in [-0.25, -0.2) is 9.37 Å². The molecule has 1 saturated heterocycles. The van der Waals surface area contributed by atoms with E-state index in [1.165, 1.54) is 0 Å². The normalized spacial score (nSPS) is 18.1. The van der Waals surface area contributed by atoms with Gasteiger partial charge in [-0.15, -0.1) is 0 Å². The molecule has 0 aromatic carbocycles. The second-order valence-corrected chi connectivity index (χ2v) is 4.48. The topological polar surface area (TPSA) is 71.5 Å². The van der Waals surface area contributed by atoms with Crippen molar-refractivity contribution in [2.24, 2.45) is 0 Å². The molecule has 1 aliphatic rings. The molecule has 0 aliphatic carbocycles. The number of rotatable bonds is 3. The second-order valence-electron chi connectivity index (χ2n) is 4.48. The van der Waals surface area contributed by atoms with Gasteiger partial charge >= 0.3 is 0 Å². The highest BCUT2D eigenvalue weighted by molar-refractivity contribution is 5.94. The standard InChI is InChI=1S/C12H14F2N2O3/c13-9-8(1-4-15-10(9)14)11(17)16-7-12(18)2-5-19-6-3-12/h1,4,18H,2-3,5-7H2,(H,16,17). The molecule has 1 aliphatic heterocycles. The highest BCUT2D eigenvalue weighted by Crippen LogP contribution is 2.19. The Balaban J connectivity index is 1.99.